The van der Waals surface area contributed by atoms with E-state index in [0.29, 0.717) is 24.9 Å². The Morgan fingerprint density at radius 1 is 1.43 bits per heavy atom. The summed E-state index contributed by atoms with van der Waals surface area (Å²) in [4.78, 5) is 27.6. The third-order valence-corrected chi connectivity index (χ3v) is 5.29. The maximum absolute atomic E-state index is 12.5. The monoisotopic (exact) mass is 306 g/mol. The summed E-state index contributed by atoms with van der Waals surface area (Å²) in [7, 11) is 0. The lowest BCUT2D eigenvalue weighted by molar-refractivity contribution is -0.129. The van der Waals surface area contributed by atoms with Gasteiger partial charge in [0.05, 0.1) is 12.0 Å². The zero-order valence-corrected chi connectivity index (χ0v) is 13.4. The van der Waals surface area contributed by atoms with Crippen LogP contribution in [0.25, 0.3) is 0 Å². The smallest absolute Gasteiger partial charge is 0.225 e. The molecule has 21 heavy (non-hydrogen) atoms. The zero-order chi connectivity index (χ0) is 15.0. The van der Waals surface area contributed by atoms with Crippen LogP contribution >= 0.6 is 11.3 Å². The van der Waals surface area contributed by atoms with Gasteiger partial charge in [-0.25, -0.2) is 0 Å². The fraction of sp³-hybridized carbons (Fsp3) is 0.625. The first-order chi connectivity index (χ1) is 10.1. The summed E-state index contributed by atoms with van der Waals surface area (Å²) in [5.41, 5.74) is 0. The lowest BCUT2D eigenvalue weighted by atomic mass is 10.0. The van der Waals surface area contributed by atoms with Crippen molar-refractivity contribution in [1.82, 2.24) is 10.2 Å². The van der Waals surface area contributed by atoms with Crippen LogP contribution in [-0.4, -0.2) is 29.3 Å². The maximum atomic E-state index is 12.5. The summed E-state index contributed by atoms with van der Waals surface area (Å²) in [5, 5.41) is 5.19. The van der Waals surface area contributed by atoms with Crippen LogP contribution in [0.1, 0.15) is 44.0 Å². The highest BCUT2D eigenvalue weighted by Gasteiger charge is 2.42. The Labute approximate surface area is 129 Å². The van der Waals surface area contributed by atoms with Gasteiger partial charge in [0.1, 0.15) is 0 Å². The molecule has 2 heterocycles. The van der Waals surface area contributed by atoms with Gasteiger partial charge < -0.3 is 10.2 Å². The largest absolute Gasteiger partial charge is 0.348 e. The standard InChI is InChI=1S/C16H22N2O2S/c1-10(2)15(13-4-3-7-21-13)17-16(20)11-8-14(19)18(9-11)12-5-6-12/h3-4,7,10-12,15H,5-6,8-9H2,1-2H3,(H,17,20)/t11-,15+/m0/s1. The molecular weight excluding hydrogens is 284 g/mol. The van der Waals surface area contributed by atoms with Crippen LogP contribution in [-0.2, 0) is 9.59 Å². The van der Waals surface area contributed by atoms with Crippen molar-refractivity contribution in [3.8, 4) is 0 Å². The quantitative estimate of drug-likeness (QED) is 0.909. The summed E-state index contributed by atoms with van der Waals surface area (Å²) in [6.45, 7) is 4.83. The van der Waals surface area contributed by atoms with Gasteiger partial charge in [-0.1, -0.05) is 19.9 Å². The number of likely N-dealkylation sites (tertiary alicyclic amines) is 1. The fourth-order valence-electron chi connectivity index (χ4n) is 2.95. The van der Waals surface area contributed by atoms with Crippen LogP contribution in [0.5, 0.6) is 0 Å². The van der Waals surface area contributed by atoms with Crippen molar-refractivity contribution in [2.75, 3.05) is 6.54 Å². The summed E-state index contributed by atoms with van der Waals surface area (Å²) in [5.74, 6) is 0.331. The molecule has 1 aliphatic heterocycles. The first-order valence-electron chi connectivity index (χ1n) is 7.69. The first kappa shape index (κ1) is 14.6. The number of hydrogen-bond acceptors (Lipinski definition) is 3. The van der Waals surface area contributed by atoms with Crippen molar-refractivity contribution < 1.29 is 9.59 Å². The van der Waals surface area contributed by atoms with Gasteiger partial charge in [-0.05, 0) is 30.2 Å². The molecule has 1 aromatic rings. The third kappa shape index (κ3) is 3.12. The van der Waals surface area contributed by atoms with Gasteiger partial charge in [-0.15, -0.1) is 11.3 Å². The molecule has 0 unspecified atom stereocenters. The summed E-state index contributed by atoms with van der Waals surface area (Å²) in [6, 6.07) is 4.53. The Hall–Kier alpha value is -1.36. The van der Waals surface area contributed by atoms with E-state index in [1.807, 2.05) is 16.3 Å². The second kappa shape index (κ2) is 5.79. The number of nitrogens with zero attached hydrogens (tertiary/aromatic N) is 1. The Morgan fingerprint density at radius 2 is 2.19 bits per heavy atom. The highest BCUT2D eigenvalue weighted by atomic mass is 32.1. The molecule has 1 N–H and O–H groups in total. The molecule has 114 valence electrons. The Balaban J connectivity index is 1.64. The molecule has 4 nitrogen and oxygen atoms in total. The Morgan fingerprint density at radius 3 is 2.76 bits per heavy atom. The van der Waals surface area contributed by atoms with Crippen LogP contribution in [0, 0.1) is 11.8 Å². The van der Waals surface area contributed by atoms with E-state index in [-0.39, 0.29) is 23.8 Å². The molecule has 5 heteroatoms. The van der Waals surface area contributed by atoms with Gasteiger partial charge in [-0.3, -0.25) is 9.59 Å². The molecule has 1 saturated heterocycles. The molecule has 2 atom stereocenters. The van der Waals surface area contributed by atoms with Gasteiger partial charge in [0.15, 0.2) is 0 Å². The summed E-state index contributed by atoms with van der Waals surface area (Å²) >= 11 is 1.67. The average Bonchev–Trinajstić information content (AvgIpc) is 2.99. The molecule has 1 saturated carbocycles. The lowest BCUT2D eigenvalue weighted by Crippen LogP contribution is -2.37. The average molecular weight is 306 g/mol. The molecule has 0 aromatic carbocycles. The second-order valence-corrected chi connectivity index (χ2v) is 7.40. The highest BCUT2D eigenvalue weighted by molar-refractivity contribution is 7.10. The number of carbonyl (C=O) groups is 2. The molecule has 0 bridgehead atoms. The van der Waals surface area contributed by atoms with E-state index in [1.54, 1.807) is 11.3 Å². The van der Waals surface area contributed by atoms with Gasteiger partial charge in [0.25, 0.3) is 0 Å². The molecule has 0 radical (unpaired) electrons. The van der Waals surface area contributed by atoms with E-state index in [0.717, 1.165) is 12.8 Å². The molecule has 2 aliphatic rings. The van der Waals surface area contributed by atoms with Gasteiger partial charge in [0.2, 0.25) is 11.8 Å². The van der Waals surface area contributed by atoms with Crippen molar-refractivity contribution in [3.05, 3.63) is 22.4 Å². The van der Waals surface area contributed by atoms with E-state index in [2.05, 4.69) is 25.2 Å². The van der Waals surface area contributed by atoms with Crippen LogP contribution in [0.3, 0.4) is 0 Å². The van der Waals surface area contributed by atoms with Crippen LogP contribution in [0.2, 0.25) is 0 Å². The van der Waals surface area contributed by atoms with Gasteiger partial charge in [0, 0.05) is 23.9 Å². The predicted molar refractivity (Wildman–Crippen MR) is 82.9 cm³/mol. The van der Waals surface area contributed by atoms with E-state index in [1.165, 1.54) is 4.88 Å². The molecule has 2 amide bonds. The van der Waals surface area contributed by atoms with Gasteiger partial charge in [-0.2, -0.15) is 0 Å². The van der Waals surface area contributed by atoms with E-state index >= 15 is 0 Å². The third-order valence-electron chi connectivity index (χ3n) is 4.33. The predicted octanol–water partition coefficient (Wildman–Crippen LogP) is 2.57. The molecule has 0 spiro atoms. The minimum absolute atomic E-state index is 0.0265. The normalized spacial score (nSPS) is 23.7. The van der Waals surface area contributed by atoms with Crippen LogP contribution < -0.4 is 5.32 Å². The van der Waals surface area contributed by atoms with Crippen LogP contribution in [0.15, 0.2) is 17.5 Å². The summed E-state index contributed by atoms with van der Waals surface area (Å²) in [6.07, 6.45) is 2.57. The van der Waals surface area contributed by atoms with Crippen molar-refractivity contribution >= 4 is 23.2 Å². The molecule has 1 aliphatic carbocycles. The van der Waals surface area contributed by atoms with E-state index in [4.69, 9.17) is 0 Å². The number of carbonyl (C=O) groups excluding carboxylic acids is 2. The number of thiophene rings is 1. The molecule has 1 aromatic heterocycles. The molecule has 2 fully saturated rings. The second-order valence-electron chi connectivity index (χ2n) is 6.42. The number of rotatable bonds is 5. The number of amides is 2. The topological polar surface area (TPSA) is 49.4 Å². The van der Waals surface area contributed by atoms with Crippen molar-refractivity contribution in [1.29, 1.82) is 0 Å². The Bertz CT molecular complexity index is 522. The van der Waals surface area contributed by atoms with Crippen LogP contribution in [0.4, 0.5) is 0 Å². The SMILES string of the molecule is CC(C)[C@@H](NC(=O)[C@H]1CC(=O)N(C2CC2)C1)c1cccs1. The van der Waals surface area contributed by atoms with E-state index < -0.39 is 0 Å². The molecular formula is C16H22N2O2S. The van der Waals surface area contributed by atoms with Crippen molar-refractivity contribution in [3.63, 3.8) is 0 Å². The van der Waals surface area contributed by atoms with Crippen molar-refractivity contribution in [2.45, 2.75) is 45.2 Å². The number of nitrogens with one attached hydrogen (secondary N) is 1. The minimum atomic E-state index is -0.181. The van der Waals surface area contributed by atoms with Gasteiger partial charge >= 0.3 is 0 Å². The highest BCUT2D eigenvalue weighted by Crippen LogP contribution is 2.33. The van der Waals surface area contributed by atoms with Crippen molar-refractivity contribution in [2.24, 2.45) is 11.8 Å². The molecule has 3 rings (SSSR count). The minimum Gasteiger partial charge on any atom is -0.348 e. The Kier molecular flexibility index (Phi) is 4.02. The summed E-state index contributed by atoms with van der Waals surface area (Å²) < 4.78 is 0. The zero-order valence-electron chi connectivity index (χ0n) is 12.5. The fourth-order valence-corrected chi connectivity index (χ4v) is 3.90. The maximum Gasteiger partial charge on any atom is 0.225 e. The number of hydrogen-bond donors (Lipinski definition) is 1. The van der Waals surface area contributed by atoms with E-state index in [9.17, 15) is 9.59 Å². The first-order valence-corrected chi connectivity index (χ1v) is 8.57. The lowest BCUT2D eigenvalue weighted by Gasteiger charge is -2.23.